The number of hydrogen-bond donors (Lipinski definition) is 1. The summed E-state index contributed by atoms with van der Waals surface area (Å²) in [5, 5.41) is 3.74. The quantitative estimate of drug-likeness (QED) is 0.331. The summed E-state index contributed by atoms with van der Waals surface area (Å²) in [5.74, 6) is 0. The van der Waals surface area contributed by atoms with Crippen LogP contribution >= 0.6 is 0 Å². The Kier molecular flexibility index (Phi) is 10.5. The van der Waals surface area contributed by atoms with Gasteiger partial charge in [0, 0.05) is 30.7 Å². The molecule has 2 saturated heterocycles. The third kappa shape index (κ3) is 6.90. The van der Waals surface area contributed by atoms with Gasteiger partial charge in [-0.3, -0.25) is 4.90 Å². The van der Waals surface area contributed by atoms with Crippen LogP contribution in [0.5, 0.6) is 0 Å². The van der Waals surface area contributed by atoms with Gasteiger partial charge in [-0.15, -0.1) is 0 Å². The molecule has 0 aromatic carbocycles. The first-order chi connectivity index (χ1) is 12.3. The van der Waals surface area contributed by atoms with E-state index in [0.717, 1.165) is 31.0 Å². The van der Waals surface area contributed by atoms with Gasteiger partial charge in [-0.1, -0.05) is 84.4 Å². The van der Waals surface area contributed by atoms with E-state index in [0.29, 0.717) is 6.04 Å². The summed E-state index contributed by atoms with van der Waals surface area (Å²) >= 11 is 0. The molecule has 2 aliphatic heterocycles. The van der Waals surface area contributed by atoms with Gasteiger partial charge >= 0.3 is 0 Å². The Morgan fingerprint density at radius 3 is 1.96 bits per heavy atom. The van der Waals surface area contributed by atoms with Crippen LogP contribution in [0.25, 0.3) is 0 Å². The lowest BCUT2D eigenvalue weighted by atomic mass is 9.83. The molecule has 1 aliphatic carbocycles. The molecule has 0 spiro atoms. The van der Waals surface area contributed by atoms with Gasteiger partial charge in [-0.2, -0.15) is 0 Å². The number of nitrogens with one attached hydrogen (secondary N) is 1. The number of rotatable bonds is 14. The molecule has 0 aromatic heterocycles. The first kappa shape index (κ1) is 21.3. The standard InChI is InChI=1S/C22H43BN2/c1-3-5-7-9-11-13-20(14-12-10-8-6-4-2)25-21-15-19(16-21)24-18-22(25)17-23/h19-22,24H,3-18H2,1-2H3. The van der Waals surface area contributed by atoms with Crippen molar-refractivity contribution in [1.29, 1.82) is 0 Å². The van der Waals surface area contributed by atoms with Gasteiger partial charge in [0.1, 0.15) is 0 Å². The van der Waals surface area contributed by atoms with E-state index in [2.05, 4.69) is 24.1 Å². The molecule has 3 fully saturated rings. The van der Waals surface area contributed by atoms with E-state index in [-0.39, 0.29) is 0 Å². The molecule has 2 nitrogen and oxygen atoms in total. The van der Waals surface area contributed by atoms with E-state index >= 15 is 0 Å². The Balaban J connectivity index is 1.86. The summed E-state index contributed by atoms with van der Waals surface area (Å²) in [6, 6.07) is 2.93. The molecular weight excluding hydrogens is 303 g/mol. The highest BCUT2D eigenvalue weighted by molar-refractivity contribution is 6.09. The van der Waals surface area contributed by atoms with Crippen LogP contribution < -0.4 is 5.32 Å². The number of nitrogens with zero attached hydrogens (tertiary/aromatic N) is 1. The molecule has 2 radical (unpaired) electrons. The molecule has 3 heteroatoms. The summed E-state index contributed by atoms with van der Waals surface area (Å²) in [6.45, 7) is 5.73. The van der Waals surface area contributed by atoms with Gasteiger partial charge in [0.15, 0.2) is 0 Å². The zero-order chi connectivity index (χ0) is 17.9. The van der Waals surface area contributed by atoms with Crippen LogP contribution in [-0.4, -0.2) is 43.5 Å². The van der Waals surface area contributed by atoms with E-state index in [4.69, 9.17) is 7.85 Å². The van der Waals surface area contributed by atoms with Crippen molar-refractivity contribution in [1.82, 2.24) is 10.2 Å². The minimum atomic E-state index is 0.564. The van der Waals surface area contributed by atoms with E-state index in [1.165, 1.54) is 89.9 Å². The first-order valence-electron chi connectivity index (χ1n) is 11.5. The molecule has 25 heavy (non-hydrogen) atoms. The van der Waals surface area contributed by atoms with Gasteiger partial charge in [-0.25, -0.2) is 0 Å². The maximum Gasteiger partial charge on any atom is 0.0674 e. The second-order valence-electron chi connectivity index (χ2n) is 8.63. The molecule has 144 valence electrons. The monoisotopic (exact) mass is 346 g/mol. The lowest BCUT2D eigenvalue weighted by molar-refractivity contribution is 0.0467. The molecule has 2 bridgehead atoms. The van der Waals surface area contributed by atoms with Crippen LogP contribution in [0.15, 0.2) is 0 Å². The Hall–Kier alpha value is -0.0151. The molecular formula is C22H43BN2. The Morgan fingerprint density at radius 1 is 0.880 bits per heavy atom. The van der Waals surface area contributed by atoms with Gasteiger partial charge in [0.2, 0.25) is 0 Å². The predicted molar refractivity (Wildman–Crippen MR) is 112 cm³/mol. The van der Waals surface area contributed by atoms with E-state index in [1.807, 2.05) is 0 Å². The van der Waals surface area contributed by atoms with Crippen molar-refractivity contribution in [2.45, 2.75) is 134 Å². The Bertz CT molecular complexity index is 316. The molecule has 1 N–H and O–H groups in total. The lowest BCUT2D eigenvalue weighted by Crippen LogP contribution is -2.53. The van der Waals surface area contributed by atoms with E-state index < -0.39 is 0 Å². The predicted octanol–water partition coefficient (Wildman–Crippen LogP) is 5.47. The molecule has 0 aromatic rings. The number of fused-ring (bicyclic) bond motifs is 3. The maximum absolute atomic E-state index is 6.19. The fourth-order valence-electron chi connectivity index (χ4n) is 4.92. The van der Waals surface area contributed by atoms with Crippen LogP contribution in [0.1, 0.15) is 104 Å². The highest BCUT2D eigenvalue weighted by Gasteiger charge is 2.42. The summed E-state index contributed by atoms with van der Waals surface area (Å²) in [5.41, 5.74) is 0. The first-order valence-corrected chi connectivity index (χ1v) is 11.5. The van der Waals surface area contributed by atoms with Crippen molar-refractivity contribution >= 4 is 7.85 Å². The Labute approximate surface area is 159 Å². The number of unbranched alkanes of at least 4 members (excludes halogenated alkanes) is 8. The van der Waals surface area contributed by atoms with Gasteiger partial charge in [0.05, 0.1) is 7.85 Å². The van der Waals surface area contributed by atoms with Gasteiger partial charge in [0.25, 0.3) is 0 Å². The van der Waals surface area contributed by atoms with Crippen LogP contribution in [-0.2, 0) is 0 Å². The average molecular weight is 346 g/mol. The van der Waals surface area contributed by atoms with Crippen LogP contribution in [0.4, 0.5) is 0 Å². The summed E-state index contributed by atoms with van der Waals surface area (Å²) in [6.07, 6.45) is 20.4. The van der Waals surface area contributed by atoms with Crippen molar-refractivity contribution in [3.63, 3.8) is 0 Å². The Morgan fingerprint density at radius 2 is 1.44 bits per heavy atom. The third-order valence-corrected chi connectivity index (χ3v) is 6.57. The van der Waals surface area contributed by atoms with Crippen molar-refractivity contribution in [2.75, 3.05) is 6.54 Å². The lowest BCUT2D eigenvalue weighted by Gasteiger charge is -2.46. The van der Waals surface area contributed by atoms with Crippen LogP contribution in [0.3, 0.4) is 0 Å². The van der Waals surface area contributed by atoms with Crippen molar-refractivity contribution in [2.24, 2.45) is 0 Å². The van der Waals surface area contributed by atoms with Gasteiger partial charge < -0.3 is 5.32 Å². The average Bonchev–Trinajstić information content (AvgIpc) is 2.88. The molecule has 3 aliphatic rings. The molecule has 1 unspecified atom stereocenters. The summed E-state index contributed by atoms with van der Waals surface area (Å²) < 4.78 is 0. The fourth-order valence-corrected chi connectivity index (χ4v) is 4.92. The maximum atomic E-state index is 6.19. The second kappa shape index (κ2) is 12.4. The summed E-state index contributed by atoms with van der Waals surface area (Å²) in [4.78, 5) is 2.89. The van der Waals surface area contributed by atoms with Gasteiger partial charge in [-0.05, 0) is 25.7 Å². The topological polar surface area (TPSA) is 15.3 Å². The third-order valence-electron chi connectivity index (χ3n) is 6.57. The molecule has 1 atom stereocenters. The number of hydrogen-bond acceptors (Lipinski definition) is 2. The van der Waals surface area contributed by atoms with E-state index in [1.54, 1.807) is 0 Å². The summed E-state index contributed by atoms with van der Waals surface area (Å²) in [7, 11) is 6.19. The minimum absolute atomic E-state index is 0.564. The highest BCUT2D eigenvalue weighted by Crippen LogP contribution is 2.35. The second-order valence-corrected chi connectivity index (χ2v) is 8.63. The smallest absolute Gasteiger partial charge is 0.0674 e. The molecule has 0 amide bonds. The van der Waals surface area contributed by atoms with Crippen molar-refractivity contribution in [3.8, 4) is 0 Å². The van der Waals surface area contributed by atoms with Crippen molar-refractivity contribution in [3.05, 3.63) is 0 Å². The largest absolute Gasteiger partial charge is 0.312 e. The van der Waals surface area contributed by atoms with Crippen LogP contribution in [0, 0.1) is 0 Å². The minimum Gasteiger partial charge on any atom is -0.312 e. The van der Waals surface area contributed by atoms with E-state index in [9.17, 15) is 0 Å². The fraction of sp³-hybridized carbons (Fsp3) is 1.00. The van der Waals surface area contributed by atoms with Crippen molar-refractivity contribution < 1.29 is 0 Å². The normalized spacial score (nSPS) is 26.6. The molecule has 1 saturated carbocycles. The zero-order valence-corrected chi connectivity index (χ0v) is 17.1. The van der Waals surface area contributed by atoms with Crippen LogP contribution in [0.2, 0.25) is 6.32 Å². The zero-order valence-electron chi connectivity index (χ0n) is 17.1. The SMILES string of the molecule is [B]CC1CNC2CC(C2)N1C(CCCCCCC)CCCCCCC. The highest BCUT2D eigenvalue weighted by atomic mass is 15.3. The molecule has 3 rings (SSSR count). The molecule has 2 heterocycles.